The summed E-state index contributed by atoms with van der Waals surface area (Å²) >= 11 is 0. The molecule has 2 aromatic carbocycles. The van der Waals surface area contributed by atoms with E-state index >= 15 is 0 Å². The van der Waals surface area contributed by atoms with Gasteiger partial charge in [-0.25, -0.2) is 9.59 Å². The van der Waals surface area contributed by atoms with Crippen molar-refractivity contribution in [1.82, 2.24) is 5.32 Å². The van der Waals surface area contributed by atoms with Crippen LogP contribution in [0.15, 0.2) is 60.7 Å². The molecule has 0 heterocycles. The zero-order valence-corrected chi connectivity index (χ0v) is 17.2. The molecule has 28 heavy (non-hydrogen) atoms. The molecule has 0 saturated heterocycles. The molecule has 5 heteroatoms. The molecule has 1 N–H and O–H groups in total. The SMILES string of the molecule is C[C@H](NC(=O)OC(C)(C)C)C(=O)O[C@@](C)(Cc1ccccc1)c1ccccc1. The number of amides is 1. The number of hydrogen-bond acceptors (Lipinski definition) is 4. The molecule has 0 fully saturated rings. The fraction of sp³-hybridized carbons (Fsp3) is 0.391. The predicted octanol–water partition coefficient (Wildman–Crippen LogP) is 4.60. The minimum absolute atomic E-state index is 0.517. The normalized spacial score (nSPS) is 14.5. The van der Waals surface area contributed by atoms with Crippen LogP contribution in [0.3, 0.4) is 0 Å². The summed E-state index contributed by atoms with van der Waals surface area (Å²) in [5.41, 5.74) is 0.425. The number of carbonyl (C=O) groups excluding carboxylic acids is 2. The van der Waals surface area contributed by atoms with Crippen molar-refractivity contribution < 1.29 is 19.1 Å². The Balaban J connectivity index is 2.15. The predicted molar refractivity (Wildman–Crippen MR) is 109 cm³/mol. The molecule has 1 amide bonds. The molecule has 5 nitrogen and oxygen atoms in total. The van der Waals surface area contributed by atoms with Crippen LogP contribution in [0.25, 0.3) is 0 Å². The van der Waals surface area contributed by atoms with Gasteiger partial charge in [0.2, 0.25) is 0 Å². The van der Waals surface area contributed by atoms with Crippen LogP contribution in [0.2, 0.25) is 0 Å². The zero-order chi connectivity index (χ0) is 20.8. The van der Waals surface area contributed by atoms with Crippen LogP contribution in [0, 0.1) is 0 Å². The lowest BCUT2D eigenvalue weighted by Gasteiger charge is -2.32. The molecule has 0 aliphatic carbocycles. The molecule has 2 atom stereocenters. The Labute approximate surface area is 167 Å². The van der Waals surface area contributed by atoms with Gasteiger partial charge in [-0.2, -0.15) is 0 Å². The number of ether oxygens (including phenoxy) is 2. The van der Waals surface area contributed by atoms with Crippen LogP contribution in [-0.2, 0) is 26.3 Å². The summed E-state index contributed by atoms with van der Waals surface area (Å²) in [4.78, 5) is 24.7. The van der Waals surface area contributed by atoms with E-state index in [4.69, 9.17) is 9.47 Å². The molecule has 0 spiro atoms. The first-order chi connectivity index (χ1) is 13.1. The van der Waals surface area contributed by atoms with Crippen molar-refractivity contribution in [2.45, 2.75) is 58.3 Å². The van der Waals surface area contributed by atoms with Crippen molar-refractivity contribution in [2.75, 3.05) is 0 Å². The van der Waals surface area contributed by atoms with E-state index in [9.17, 15) is 9.59 Å². The van der Waals surface area contributed by atoms with Crippen molar-refractivity contribution >= 4 is 12.1 Å². The quantitative estimate of drug-likeness (QED) is 0.741. The summed E-state index contributed by atoms with van der Waals surface area (Å²) in [6.45, 7) is 8.76. The van der Waals surface area contributed by atoms with Crippen LogP contribution in [0.1, 0.15) is 45.7 Å². The standard InChI is InChI=1S/C23H29NO4/c1-17(24-21(26)28-22(2,3)4)20(25)27-23(5,19-14-10-7-11-15-19)16-18-12-8-6-9-13-18/h6-15,17H,16H2,1-5H3,(H,24,26)/t17-,23-/m0/s1. The van der Waals surface area contributed by atoms with Crippen molar-refractivity contribution in [2.24, 2.45) is 0 Å². The Kier molecular flexibility index (Phi) is 6.84. The fourth-order valence-corrected chi connectivity index (χ4v) is 2.83. The van der Waals surface area contributed by atoms with Gasteiger partial charge in [0.05, 0.1) is 0 Å². The molecule has 0 bridgehead atoms. The Morgan fingerprint density at radius 3 is 1.96 bits per heavy atom. The summed E-state index contributed by atoms with van der Waals surface area (Å²) in [5.74, 6) is -0.520. The number of nitrogens with one attached hydrogen (secondary N) is 1. The zero-order valence-electron chi connectivity index (χ0n) is 17.2. The number of esters is 1. The van der Waals surface area contributed by atoms with Gasteiger partial charge in [0.15, 0.2) is 0 Å². The van der Waals surface area contributed by atoms with E-state index in [2.05, 4.69) is 5.32 Å². The van der Waals surface area contributed by atoms with E-state index in [1.54, 1.807) is 27.7 Å². The van der Waals surface area contributed by atoms with Gasteiger partial charge in [0, 0.05) is 6.42 Å². The molecular formula is C23H29NO4. The Bertz CT molecular complexity index is 783. The first kappa shape index (κ1) is 21.5. The average Bonchev–Trinajstić information content (AvgIpc) is 2.61. The summed E-state index contributed by atoms with van der Waals surface area (Å²) < 4.78 is 11.1. The van der Waals surface area contributed by atoms with Crippen LogP contribution in [0.5, 0.6) is 0 Å². The van der Waals surface area contributed by atoms with Crippen LogP contribution in [-0.4, -0.2) is 23.7 Å². The van der Waals surface area contributed by atoms with E-state index in [0.717, 1.165) is 11.1 Å². The summed E-state index contributed by atoms with van der Waals surface area (Å²) in [6.07, 6.45) is -0.135. The third-order valence-corrected chi connectivity index (χ3v) is 4.18. The minimum Gasteiger partial charge on any atom is -0.453 e. The molecule has 2 aromatic rings. The summed E-state index contributed by atoms with van der Waals surface area (Å²) in [7, 11) is 0. The van der Waals surface area contributed by atoms with Gasteiger partial charge >= 0.3 is 12.1 Å². The molecule has 0 unspecified atom stereocenters. The fourth-order valence-electron chi connectivity index (χ4n) is 2.83. The lowest BCUT2D eigenvalue weighted by atomic mass is 9.88. The number of alkyl carbamates (subject to hydrolysis) is 1. The van der Waals surface area contributed by atoms with Gasteiger partial charge in [-0.15, -0.1) is 0 Å². The lowest BCUT2D eigenvalue weighted by Crippen LogP contribution is -2.45. The van der Waals surface area contributed by atoms with Crippen molar-refractivity contribution in [1.29, 1.82) is 0 Å². The molecule has 0 aromatic heterocycles. The highest BCUT2D eigenvalue weighted by Crippen LogP contribution is 2.30. The molecule has 2 rings (SSSR count). The lowest BCUT2D eigenvalue weighted by molar-refractivity contribution is -0.161. The number of rotatable bonds is 6. The van der Waals surface area contributed by atoms with Gasteiger partial charge in [-0.3, -0.25) is 0 Å². The topological polar surface area (TPSA) is 64.6 Å². The van der Waals surface area contributed by atoms with Gasteiger partial charge < -0.3 is 14.8 Å². The van der Waals surface area contributed by atoms with Crippen molar-refractivity contribution in [3.63, 3.8) is 0 Å². The molecule has 0 aliphatic rings. The minimum atomic E-state index is -0.871. The van der Waals surface area contributed by atoms with Crippen LogP contribution >= 0.6 is 0 Å². The first-order valence-corrected chi connectivity index (χ1v) is 9.41. The maximum Gasteiger partial charge on any atom is 0.408 e. The third kappa shape index (κ3) is 6.41. The summed E-state index contributed by atoms with van der Waals surface area (Å²) in [5, 5.41) is 2.54. The highest BCUT2D eigenvalue weighted by Gasteiger charge is 2.34. The van der Waals surface area contributed by atoms with Crippen molar-refractivity contribution in [3.05, 3.63) is 71.8 Å². The first-order valence-electron chi connectivity index (χ1n) is 9.41. The van der Waals surface area contributed by atoms with E-state index < -0.39 is 29.3 Å². The molecule has 150 valence electrons. The number of hydrogen-bond donors (Lipinski definition) is 1. The Morgan fingerprint density at radius 2 is 1.43 bits per heavy atom. The Morgan fingerprint density at radius 1 is 0.893 bits per heavy atom. The monoisotopic (exact) mass is 383 g/mol. The molecule has 0 aliphatic heterocycles. The largest absolute Gasteiger partial charge is 0.453 e. The van der Waals surface area contributed by atoms with E-state index in [-0.39, 0.29) is 0 Å². The maximum atomic E-state index is 12.7. The second kappa shape index (κ2) is 8.91. The molecular weight excluding hydrogens is 354 g/mol. The smallest absolute Gasteiger partial charge is 0.408 e. The Hall–Kier alpha value is -2.82. The summed E-state index contributed by atoms with van der Waals surface area (Å²) in [6, 6.07) is 18.6. The van der Waals surface area contributed by atoms with Gasteiger partial charge in [-0.05, 0) is 45.7 Å². The number of benzene rings is 2. The van der Waals surface area contributed by atoms with E-state index in [1.807, 2.05) is 67.6 Å². The van der Waals surface area contributed by atoms with Crippen molar-refractivity contribution in [3.8, 4) is 0 Å². The maximum absolute atomic E-state index is 12.7. The highest BCUT2D eigenvalue weighted by molar-refractivity contribution is 5.81. The van der Waals surface area contributed by atoms with Gasteiger partial charge in [0.1, 0.15) is 17.2 Å². The second-order valence-electron chi connectivity index (χ2n) is 8.05. The van der Waals surface area contributed by atoms with Crippen LogP contribution in [0.4, 0.5) is 4.79 Å². The second-order valence-corrected chi connectivity index (χ2v) is 8.05. The third-order valence-electron chi connectivity index (χ3n) is 4.18. The van der Waals surface area contributed by atoms with Crippen LogP contribution < -0.4 is 5.32 Å². The van der Waals surface area contributed by atoms with Gasteiger partial charge in [-0.1, -0.05) is 60.7 Å². The average molecular weight is 383 g/mol. The molecule has 0 saturated carbocycles. The highest BCUT2D eigenvalue weighted by atomic mass is 16.6. The number of carbonyl (C=O) groups is 2. The van der Waals surface area contributed by atoms with Gasteiger partial charge in [0.25, 0.3) is 0 Å². The van der Waals surface area contributed by atoms with E-state index in [1.165, 1.54) is 0 Å². The molecule has 0 radical (unpaired) electrons. The van der Waals surface area contributed by atoms with E-state index in [0.29, 0.717) is 6.42 Å².